The molecule has 1 aromatic rings. The lowest BCUT2D eigenvalue weighted by atomic mass is 10.1. The van der Waals surface area contributed by atoms with Crippen LogP contribution in [0.4, 0.5) is 9.18 Å². The summed E-state index contributed by atoms with van der Waals surface area (Å²) < 4.78 is 12.9. The molecule has 0 aliphatic carbocycles. The van der Waals surface area contributed by atoms with Crippen LogP contribution in [0.15, 0.2) is 24.3 Å². The van der Waals surface area contributed by atoms with E-state index in [0.29, 0.717) is 13.0 Å². The number of nitrogens with one attached hydrogen (secondary N) is 3. The van der Waals surface area contributed by atoms with Gasteiger partial charge in [0.1, 0.15) is 11.9 Å². The second-order valence-corrected chi connectivity index (χ2v) is 6.24. The highest BCUT2D eigenvalue weighted by atomic mass is 19.1. The van der Waals surface area contributed by atoms with Crippen LogP contribution in [0.25, 0.3) is 0 Å². The summed E-state index contributed by atoms with van der Waals surface area (Å²) in [5, 5.41) is 8.25. The minimum atomic E-state index is -0.558. The Balaban J connectivity index is 2.39. The van der Waals surface area contributed by atoms with Gasteiger partial charge in [0.05, 0.1) is 0 Å². The molecule has 0 aromatic heterocycles. The summed E-state index contributed by atoms with van der Waals surface area (Å²) in [4.78, 5) is 26.3. The molecule has 25 heavy (non-hydrogen) atoms. The normalized spacial score (nSPS) is 11.9. The van der Waals surface area contributed by atoms with Crippen LogP contribution in [-0.4, -0.2) is 50.1 Å². The van der Waals surface area contributed by atoms with Gasteiger partial charge in [-0.15, -0.1) is 0 Å². The van der Waals surface area contributed by atoms with Gasteiger partial charge in [0.2, 0.25) is 5.91 Å². The van der Waals surface area contributed by atoms with E-state index < -0.39 is 12.1 Å². The van der Waals surface area contributed by atoms with Crippen molar-refractivity contribution in [1.82, 2.24) is 20.9 Å². The maximum absolute atomic E-state index is 12.9. The summed E-state index contributed by atoms with van der Waals surface area (Å²) in [7, 11) is 3.96. The molecule has 1 aromatic carbocycles. The van der Waals surface area contributed by atoms with Gasteiger partial charge in [0, 0.05) is 13.1 Å². The largest absolute Gasteiger partial charge is 0.354 e. The number of carbonyl (C=O) groups is 2. The molecule has 6 nitrogen and oxygen atoms in total. The zero-order valence-corrected chi connectivity index (χ0v) is 15.3. The maximum Gasteiger partial charge on any atom is 0.315 e. The van der Waals surface area contributed by atoms with Gasteiger partial charge in [-0.25, -0.2) is 9.18 Å². The van der Waals surface area contributed by atoms with Gasteiger partial charge in [-0.2, -0.15) is 0 Å². The molecule has 0 aliphatic heterocycles. The van der Waals surface area contributed by atoms with E-state index in [9.17, 15) is 14.0 Å². The Bertz CT molecular complexity index is 534. The van der Waals surface area contributed by atoms with E-state index >= 15 is 0 Å². The maximum atomic E-state index is 12.9. The van der Waals surface area contributed by atoms with Crippen molar-refractivity contribution in [1.29, 1.82) is 0 Å². The predicted molar refractivity (Wildman–Crippen MR) is 96.6 cm³/mol. The standard InChI is InChI=1S/C18H29FN4O2/c1-4-6-16(17(24)20-11-5-12-23(2)3)22-18(25)21-13-14-7-9-15(19)10-8-14/h7-10,16H,4-6,11-13H2,1-3H3,(H,20,24)(H2,21,22,25). The van der Waals surface area contributed by atoms with Gasteiger partial charge in [-0.05, 0) is 51.2 Å². The van der Waals surface area contributed by atoms with Crippen molar-refractivity contribution in [2.45, 2.75) is 38.8 Å². The molecule has 3 amide bonds. The van der Waals surface area contributed by atoms with Gasteiger partial charge in [0.25, 0.3) is 0 Å². The summed E-state index contributed by atoms with van der Waals surface area (Å²) >= 11 is 0. The van der Waals surface area contributed by atoms with Crippen LogP contribution in [-0.2, 0) is 11.3 Å². The van der Waals surface area contributed by atoms with Gasteiger partial charge < -0.3 is 20.9 Å². The van der Waals surface area contributed by atoms with Crippen molar-refractivity contribution in [3.05, 3.63) is 35.6 Å². The third kappa shape index (κ3) is 9.05. The first-order chi connectivity index (χ1) is 11.9. The minimum Gasteiger partial charge on any atom is -0.354 e. The summed E-state index contributed by atoms with van der Waals surface area (Å²) in [5.41, 5.74) is 0.789. The quantitative estimate of drug-likeness (QED) is 0.563. The second kappa shape index (κ2) is 11.4. The lowest BCUT2D eigenvalue weighted by Gasteiger charge is -2.18. The number of rotatable bonds is 10. The average molecular weight is 352 g/mol. The molecule has 0 fully saturated rings. The molecule has 0 bridgehead atoms. The first kappa shape index (κ1) is 20.9. The molecule has 0 aliphatic rings. The summed E-state index contributed by atoms with van der Waals surface area (Å²) in [6.45, 7) is 3.71. The number of hydrogen-bond donors (Lipinski definition) is 3. The van der Waals surface area contributed by atoms with Gasteiger partial charge in [-0.1, -0.05) is 25.5 Å². The Morgan fingerprint density at radius 3 is 2.44 bits per heavy atom. The van der Waals surface area contributed by atoms with Crippen LogP contribution in [0.5, 0.6) is 0 Å². The van der Waals surface area contributed by atoms with E-state index in [1.54, 1.807) is 12.1 Å². The molecule has 7 heteroatoms. The fourth-order valence-electron chi connectivity index (χ4n) is 2.28. The molecule has 1 rings (SSSR count). The molecule has 0 saturated carbocycles. The van der Waals surface area contributed by atoms with Gasteiger partial charge in [0.15, 0.2) is 0 Å². The highest BCUT2D eigenvalue weighted by Crippen LogP contribution is 2.02. The number of carbonyl (C=O) groups excluding carboxylic acids is 2. The molecule has 0 saturated heterocycles. The van der Waals surface area contributed by atoms with Crippen LogP contribution < -0.4 is 16.0 Å². The van der Waals surface area contributed by atoms with Gasteiger partial charge >= 0.3 is 6.03 Å². The van der Waals surface area contributed by atoms with Crippen molar-refractivity contribution in [3.8, 4) is 0 Å². The van der Waals surface area contributed by atoms with E-state index in [4.69, 9.17) is 0 Å². The predicted octanol–water partition coefficient (Wildman–Crippen LogP) is 1.86. The number of hydrogen-bond acceptors (Lipinski definition) is 3. The Morgan fingerprint density at radius 2 is 1.84 bits per heavy atom. The highest BCUT2D eigenvalue weighted by Gasteiger charge is 2.19. The zero-order chi connectivity index (χ0) is 18.7. The molecule has 0 radical (unpaired) electrons. The van der Waals surface area contributed by atoms with Crippen molar-refractivity contribution in [2.75, 3.05) is 27.2 Å². The van der Waals surface area contributed by atoms with Gasteiger partial charge in [-0.3, -0.25) is 4.79 Å². The average Bonchev–Trinajstić information content (AvgIpc) is 2.57. The minimum absolute atomic E-state index is 0.169. The number of amides is 3. The Hall–Kier alpha value is -2.15. The van der Waals surface area contributed by atoms with Crippen molar-refractivity contribution < 1.29 is 14.0 Å². The van der Waals surface area contributed by atoms with Crippen LogP contribution in [0.2, 0.25) is 0 Å². The zero-order valence-electron chi connectivity index (χ0n) is 15.3. The molecule has 0 heterocycles. The first-order valence-electron chi connectivity index (χ1n) is 8.63. The van der Waals surface area contributed by atoms with E-state index in [1.165, 1.54) is 12.1 Å². The third-order valence-electron chi connectivity index (χ3n) is 3.65. The molecule has 0 spiro atoms. The number of benzene rings is 1. The number of nitrogens with zero attached hydrogens (tertiary/aromatic N) is 1. The lowest BCUT2D eigenvalue weighted by molar-refractivity contribution is -0.123. The summed E-state index contributed by atoms with van der Waals surface area (Å²) in [6.07, 6.45) is 2.21. The topological polar surface area (TPSA) is 73.5 Å². The number of halogens is 1. The van der Waals surface area contributed by atoms with Crippen molar-refractivity contribution in [3.63, 3.8) is 0 Å². The molecular formula is C18H29FN4O2. The van der Waals surface area contributed by atoms with Crippen LogP contribution in [0.3, 0.4) is 0 Å². The molecule has 3 N–H and O–H groups in total. The second-order valence-electron chi connectivity index (χ2n) is 6.24. The molecular weight excluding hydrogens is 323 g/mol. The SMILES string of the molecule is CCCC(NC(=O)NCc1ccc(F)cc1)C(=O)NCCCN(C)C. The first-order valence-corrected chi connectivity index (χ1v) is 8.63. The fourth-order valence-corrected chi connectivity index (χ4v) is 2.28. The van der Waals surface area contributed by atoms with Crippen LogP contribution in [0.1, 0.15) is 31.7 Å². The molecule has 1 atom stereocenters. The van der Waals surface area contributed by atoms with E-state index in [2.05, 4.69) is 20.9 Å². The van der Waals surface area contributed by atoms with E-state index in [0.717, 1.165) is 24.9 Å². The number of urea groups is 1. The fraction of sp³-hybridized carbons (Fsp3) is 0.556. The summed E-state index contributed by atoms with van der Waals surface area (Å²) in [6, 6.07) is 4.93. The van der Waals surface area contributed by atoms with E-state index in [-0.39, 0.29) is 18.3 Å². The van der Waals surface area contributed by atoms with Crippen LogP contribution >= 0.6 is 0 Å². The Kier molecular flexibility index (Phi) is 9.54. The van der Waals surface area contributed by atoms with Crippen molar-refractivity contribution in [2.24, 2.45) is 0 Å². The molecule has 1 unspecified atom stereocenters. The molecule has 140 valence electrons. The Morgan fingerprint density at radius 1 is 1.16 bits per heavy atom. The smallest absolute Gasteiger partial charge is 0.315 e. The van der Waals surface area contributed by atoms with E-state index in [1.807, 2.05) is 21.0 Å². The van der Waals surface area contributed by atoms with Crippen molar-refractivity contribution >= 4 is 11.9 Å². The Labute approximate surface area is 149 Å². The summed E-state index contributed by atoms with van der Waals surface area (Å²) in [5.74, 6) is -0.486. The lowest BCUT2D eigenvalue weighted by Crippen LogP contribution is -2.50. The third-order valence-corrected chi connectivity index (χ3v) is 3.65. The highest BCUT2D eigenvalue weighted by molar-refractivity contribution is 5.86. The van der Waals surface area contributed by atoms with Crippen LogP contribution in [0, 0.1) is 5.82 Å². The monoisotopic (exact) mass is 352 g/mol.